The van der Waals surface area contributed by atoms with Gasteiger partial charge in [-0.25, -0.2) is 13.1 Å². The number of sulfonamides is 1. The van der Waals surface area contributed by atoms with Gasteiger partial charge >= 0.3 is 0 Å². The molecule has 2 rings (SSSR count). The lowest BCUT2D eigenvalue weighted by Gasteiger charge is -2.09. The topological polar surface area (TPSA) is 72.2 Å². The summed E-state index contributed by atoms with van der Waals surface area (Å²) in [5, 5.41) is 0.193. The number of halogens is 1. The number of aryl methyl sites for hydroxylation is 2. The highest BCUT2D eigenvalue weighted by molar-refractivity contribution is 7.89. The number of rotatable bonds is 5. The molecule has 0 saturated heterocycles. The summed E-state index contributed by atoms with van der Waals surface area (Å²) in [7, 11) is -3.66. The highest BCUT2D eigenvalue weighted by atomic mass is 35.5. The predicted octanol–water partition coefficient (Wildman–Crippen LogP) is 2.96. The lowest BCUT2D eigenvalue weighted by atomic mass is 10.2. The van der Waals surface area contributed by atoms with Crippen LogP contribution in [0.1, 0.15) is 20.9 Å². The monoisotopic (exact) mass is 344 g/mol. The van der Waals surface area contributed by atoms with Gasteiger partial charge in [-0.15, -0.1) is 11.3 Å². The van der Waals surface area contributed by atoms with Crippen molar-refractivity contribution in [2.24, 2.45) is 5.73 Å². The second-order valence-corrected chi connectivity index (χ2v) is 8.23. The Balaban J connectivity index is 2.22. The van der Waals surface area contributed by atoms with E-state index in [4.69, 9.17) is 17.3 Å². The second-order valence-electron chi connectivity index (χ2n) is 4.75. The summed E-state index contributed by atoms with van der Waals surface area (Å²) in [6, 6.07) is 6.76. The Kier molecular flexibility index (Phi) is 5.06. The SMILES string of the molecule is Cc1cc(CNS(=O)(=O)c2cc(CN)ccc2Cl)sc1C. The minimum absolute atomic E-state index is 0.0668. The third-order valence-electron chi connectivity index (χ3n) is 3.17. The number of nitrogens with one attached hydrogen (secondary N) is 1. The minimum Gasteiger partial charge on any atom is -0.326 e. The van der Waals surface area contributed by atoms with E-state index in [0.29, 0.717) is 0 Å². The van der Waals surface area contributed by atoms with E-state index in [-0.39, 0.29) is 23.0 Å². The van der Waals surface area contributed by atoms with Crippen molar-refractivity contribution < 1.29 is 8.42 Å². The van der Waals surface area contributed by atoms with E-state index in [1.165, 1.54) is 10.9 Å². The maximum atomic E-state index is 12.4. The van der Waals surface area contributed by atoms with Gasteiger partial charge in [-0.1, -0.05) is 17.7 Å². The van der Waals surface area contributed by atoms with Crippen LogP contribution in [0, 0.1) is 13.8 Å². The normalized spacial score (nSPS) is 11.8. The molecule has 2 aromatic rings. The van der Waals surface area contributed by atoms with E-state index in [1.54, 1.807) is 23.5 Å². The van der Waals surface area contributed by atoms with Gasteiger partial charge in [0.25, 0.3) is 0 Å². The van der Waals surface area contributed by atoms with Gasteiger partial charge in [-0.2, -0.15) is 0 Å². The number of nitrogens with two attached hydrogens (primary N) is 1. The van der Waals surface area contributed by atoms with Crippen molar-refractivity contribution in [2.75, 3.05) is 0 Å². The molecule has 114 valence electrons. The number of thiophene rings is 1. The molecule has 1 aromatic carbocycles. The van der Waals surface area contributed by atoms with Gasteiger partial charge < -0.3 is 5.73 Å². The van der Waals surface area contributed by atoms with E-state index in [9.17, 15) is 8.42 Å². The molecule has 0 amide bonds. The van der Waals surface area contributed by atoms with E-state index >= 15 is 0 Å². The largest absolute Gasteiger partial charge is 0.326 e. The van der Waals surface area contributed by atoms with Gasteiger partial charge in [0.15, 0.2) is 0 Å². The summed E-state index contributed by atoms with van der Waals surface area (Å²) in [5.41, 5.74) is 7.43. The first-order chi connectivity index (χ1) is 9.83. The van der Waals surface area contributed by atoms with Gasteiger partial charge in [0.2, 0.25) is 10.0 Å². The highest BCUT2D eigenvalue weighted by Gasteiger charge is 2.18. The first-order valence-corrected chi connectivity index (χ1v) is 9.05. The van der Waals surface area contributed by atoms with Gasteiger partial charge in [0.1, 0.15) is 4.90 Å². The van der Waals surface area contributed by atoms with Crippen molar-refractivity contribution in [1.82, 2.24) is 4.72 Å². The van der Waals surface area contributed by atoms with Crippen molar-refractivity contribution in [3.63, 3.8) is 0 Å². The van der Waals surface area contributed by atoms with E-state index in [2.05, 4.69) is 4.72 Å². The molecule has 0 atom stereocenters. The second kappa shape index (κ2) is 6.46. The smallest absolute Gasteiger partial charge is 0.242 e. The maximum absolute atomic E-state index is 12.4. The Morgan fingerprint density at radius 1 is 1.29 bits per heavy atom. The van der Waals surface area contributed by atoms with Crippen molar-refractivity contribution >= 4 is 33.0 Å². The Hall–Kier alpha value is -0.920. The molecule has 0 aliphatic carbocycles. The average molecular weight is 345 g/mol. The maximum Gasteiger partial charge on any atom is 0.242 e. The summed E-state index contributed by atoms with van der Waals surface area (Å²) in [5.74, 6) is 0. The molecular formula is C14H17ClN2O2S2. The summed E-state index contributed by atoms with van der Waals surface area (Å²) >= 11 is 7.57. The summed E-state index contributed by atoms with van der Waals surface area (Å²) < 4.78 is 27.3. The number of hydrogen-bond donors (Lipinski definition) is 2. The third-order valence-corrected chi connectivity index (χ3v) is 6.21. The number of hydrogen-bond acceptors (Lipinski definition) is 4. The standard InChI is InChI=1S/C14H17ClN2O2S2/c1-9-5-12(20-10(9)2)8-17-21(18,19)14-6-11(7-16)3-4-13(14)15/h3-6,17H,7-8,16H2,1-2H3. The zero-order valence-electron chi connectivity index (χ0n) is 11.8. The molecular weight excluding hydrogens is 328 g/mol. The molecule has 0 aliphatic rings. The fourth-order valence-corrected chi connectivity index (χ4v) is 4.50. The zero-order valence-corrected chi connectivity index (χ0v) is 14.2. The molecule has 0 radical (unpaired) electrons. The quantitative estimate of drug-likeness (QED) is 0.875. The number of benzene rings is 1. The molecule has 0 unspecified atom stereocenters. The molecule has 4 nitrogen and oxygen atoms in total. The predicted molar refractivity (Wildman–Crippen MR) is 87.2 cm³/mol. The highest BCUT2D eigenvalue weighted by Crippen LogP contribution is 2.24. The van der Waals surface area contributed by atoms with Crippen molar-refractivity contribution in [3.05, 3.63) is 50.2 Å². The van der Waals surface area contributed by atoms with Gasteiger partial charge in [-0.3, -0.25) is 0 Å². The molecule has 7 heteroatoms. The molecule has 0 aliphatic heterocycles. The van der Waals surface area contributed by atoms with Crippen LogP contribution in [0.4, 0.5) is 0 Å². The first kappa shape index (κ1) is 16.5. The van der Waals surface area contributed by atoms with Crippen molar-refractivity contribution in [1.29, 1.82) is 0 Å². The fourth-order valence-electron chi connectivity index (χ4n) is 1.86. The van der Waals surface area contributed by atoms with Crippen LogP contribution < -0.4 is 10.5 Å². The van der Waals surface area contributed by atoms with Crippen LogP contribution in [0.3, 0.4) is 0 Å². The van der Waals surface area contributed by atoms with E-state index in [1.807, 2.05) is 19.9 Å². The van der Waals surface area contributed by atoms with Crippen LogP contribution >= 0.6 is 22.9 Å². The van der Waals surface area contributed by atoms with Crippen LogP contribution in [0.5, 0.6) is 0 Å². The van der Waals surface area contributed by atoms with Gasteiger partial charge in [0, 0.05) is 22.8 Å². The Morgan fingerprint density at radius 2 is 2.00 bits per heavy atom. The van der Waals surface area contributed by atoms with Crippen LogP contribution in [0.25, 0.3) is 0 Å². The van der Waals surface area contributed by atoms with Crippen LogP contribution in [0.15, 0.2) is 29.2 Å². The first-order valence-electron chi connectivity index (χ1n) is 6.37. The van der Waals surface area contributed by atoms with Crippen LogP contribution in [0.2, 0.25) is 5.02 Å². The molecule has 3 N–H and O–H groups in total. The lowest BCUT2D eigenvalue weighted by Crippen LogP contribution is -2.23. The molecule has 0 saturated carbocycles. The molecule has 21 heavy (non-hydrogen) atoms. The van der Waals surface area contributed by atoms with Crippen molar-refractivity contribution in [2.45, 2.75) is 31.8 Å². The molecule has 0 fully saturated rings. The molecule has 1 heterocycles. The Bertz CT molecular complexity index is 735. The fraction of sp³-hybridized carbons (Fsp3) is 0.286. The van der Waals surface area contributed by atoms with E-state index < -0.39 is 10.0 Å². The van der Waals surface area contributed by atoms with Crippen LogP contribution in [-0.2, 0) is 23.1 Å². The zero-order chi connectivity index (χ0) is 15.6. The van der Waals surface area contributed by atoms with E-state index in [0.717, 1.165) is 16.0 Å². The summed E-state index contributed by atoms with van der Waals surface area (Å²) in [6.07, 6.45) is 0. The summed E-state index contributed by atoms with van der Waals surface area (Å²) in [6.45, 7) is 4.54. The Labute approximate surface area is 134 Å². The third kappa shape index (κ3) is 3.84. The van der Waals surface area contributed by atoms with Gasteiger partial charge in [0.05, 0.1) is 5.02 Å². The molecule has 0 spiro atoms. The van der Waals surface area contributed by atoms with Crippen LogP contribution in [-0.4, -0.2) is 8.42 Å². The summed E-state index contributed by atoms with van der Waals surface area (Å²) in [4.78, 5) is 2.23. The molecule has 1 aromatic heterocycles. The average Bonchev–Trinajstić information content (AvgIpc) is 2.76. The minimum atomic E-state index is -3.66. The Morgan fingerprint density at radius 3 is 2.57 bits per heavy atom. The van der Waals surface area contributed by atoms with Gasteiger partial charge in [-0.05, 0) is 43.2 Å². The lowest BCUT2D eigenvalue weighted by molar-refractivity contribution is 0.581. The van der Waals surface area contributed by atoms with Crippen molar-refractivity contribution in [3.8, 4) is 0 Å². The molecule has 0 bridgehead atoms.